The third-order valence-corrected chi connectivity index (χ3v) is 4.58. The Kier molecular flexibility index (Phi) is 3.40. The number of fused-ring (bicyclic) bond motifs is 1. The van der Waals surface area contributed by atoms with Crippen LogP contribution >= 0.6 is 0 Å². The molecule has 1 heterocycles. The summed E-state index contributed by atoms with van der Waals surface area (Å²) in [6.45, 7) is 5.56. The minimum atomic E-state index is 0.383. The van der Waals surface area contributed by atoms with Crippen LogP contribution in [0.1, 0.15) is 49.3 Å². The first-order valence-corrected chi connectivity index (χ1v) is 7.32. The lowest BCUT2D eigenvalue weighted by molar-refractivity contribution is 0.362. The van der Waals surface area contributed by atoms with Gasteiger partial charge in [-0.15, -0.1) is 0 Å². The standard InChI is InChI=1S/C16H24N2/c1-16(7-2-3-8-16)18-11-13-4-5-14-6-9-17-12-15(14)10-13/h4-5,10,17-18H,2-3,6-9,11-12H2,1H3. The van der Waals surface area contributed by atoms with Crippen molar-refractivity contribution in [2.75, 3.05) is 6.54 Å². The first-order chi connectivity index (χ1) is 8.75. The molecular formula is C16H24N2. The van der Waals surface area contributed by atoms with Gasteiger partial charge in [0, 0.05) is 18.6 Å². The van der Waals surface area contributed by atoms with Crippen molar-refractivity contribution in [3.63, 3.8) is 0 Å². The fourth-order valence-electron chi connectivity index (χ4n) is 3.29. The van der Waals surface area contributed by atoms with Crippen molar-refractivity contribution in [1.29, 1.82) is 0 Å². The zero-order valence-electron chi connectivity index (χ0n) is 11.4. The van der Waals surface area contributed by atoms with E-state index in [1.807, 2.05) is 0 Å². The summed E-state index contributed by atoms with van der Waals surface area (Å²) in [5, 5.41) is 7.21. The predicted molar refractivity (Wildman–Crippen MR) is 75.6 cm³/mol. The Balaban J connectivity index is 1.66. The van der Waals surface area contributed by atoms with E-state index in [1.54, 1.807) is 0 Å². The van der Waals surface area contributed by atoms with E-state index in [-0.39, 0.29) is 0 Å². The van der Waals surface area contributed by atoms with E-state index in [0.717, 1.165) is 19.6 Å². The first-order valence-electron chi connectivity index (χ1n) is 7.32. The Morgan fingerprint density at radius 3 is 2.89 bits per heavy atom. The van der Waals surface area contributed by atoms with Gasteiger partial charge in [-0.05, 0) is 49.4 Å². The van der Waals surface area contributed by atoms with Crippen LogP contribution in [-0.4, -0.2) is 12.1 Å². The minimum Gasteiger partial charge on any atom is -0.312 e. The monoisotopic (exact) mass is 244 g/mol. The topological polar surface area (TPSA) is 24.1 Å². The molecule has 0 saturated heterocycles. The molecule has 0 spiro atoms. The molecule has 2 N–H and O–H groups in total. The summed E-state index contributed by atoms with van der Waals surface area (Å²) in [5.41, 5.74) is 4.85. The van der Waals surface area contributed by atoms with Crippen molar-refractivity contribution < 1.29 is 0 Å². The van der Waals surface area contributed by atoms with Crippen molar-refractivity contribution >= 4 is 0 Å². The van der Waals surface area contributed by atoms with E-state index in [2.05, 4.69) is 35.8 Å². The Labute approximate surface area is 110 Å². The van der Waals surface area contributed by atoms with Gasteiger partial charge in [-0.2, -0.15) is 0 Å². The summed E-state index contributed by atoms with van der Waals surface area (Å²) in [7, 11) is 0. The summed E-state index contributed by atoms with van der Waals surface area (Å²) >= 11 is 0. The summed E-state index contributed by atoms with van der Waals surface area (Å²) in [6, 6.07) is 7.01. The first kappa shape index (κ1) is 12.2. The van der Waals surface area contributed by atoms with Crippen LogP contribution in [0.15, 0.2) is 18.2 Å². The van der Waals surface area contributed by atoms with E-state index in [0.29, 0.717) is 5.54 Å². The van der Waals surface area contributed by atoms with Crippen LogP contribution in [-0.2, 0) is 19.5 Å². The molecule has 1 fully saturated rings. The lowest BCUT2D eigenvalue weighted by Gasteiger charge is -2.26. The van der Waals surface area contributed by atoms with Crippen molar-refractivity contribution in [3.05, 3.63) is 34.9 Å². The molecule has 1 aromatic rings. The summed E-state index contributed by atoms with van der Waals surface area (Å²) in [4.78, 5) is 0. The largest absolute Gasteiger partial charge is 0.312 e. The fourth-order valence-corrected chi connectivity index (χ4v) is 3.29. The second kappa shape index (κ2) is 5.02. The molecule has 1 aliphatic heterocycles. The molecule has 1 aliphatic carbocycles. The second-order valence-electron chi connectivity index (χ2n) is 6.15. The number of hydrogen-bond donors (Lipinski definition) is 2. The summed E-state index contributed by atoms with van der Waals surface area (Å²) in [5.74, 6) is 0. The highest BCUT2D eigenvalue weighted by molar-refractivity contribution is 5.33. The molecule has 3 rings (SSSR count). The molecule has 0 amide bonds. The number of nitrogens with one attached hydrogen (secondary N) is 2. The van der Waals surface area contributed by atoms with Crippen LogP contribution < -0.4 is 10.6 Å². The molecule has 1 aromatic carbocycles. The van der Waals surface area contributed by atoms with Gasteiger partial charge in [-0.25, -0.2) is 0 Å². The van der Waals surface area contributed by atoms with Gasteiger partial charge >= 0.3 is 0 Å². The van der Waals surface area contributed by atoms with E-state index in [4.69, 9.17) is 0 Å². The number of rotatable bonds is 3. The Bertz CT molecular complexity index is 419. The minimum absolute atomic E-state index is 0.383. The molecule has 2 heteroatoms. The fraction of sp³-hybridized carbons (Fsp3) is 0.625. The second-order valence-corrected chi connectivity index (χ2v) is 6.15. The van der Waals surface area contributed by atoms with Crippen molar-refractivity contribution in [2.24, 2.45) is 0 Å². The van der Waals surface area contributed by atoms with Gasteiger partial charge in [-0.3, -0.25) is 0 Å². The van der Waals surface area contributed by atoms with Crippen LogP contribution in [0.2, 0.25) is 0 Å². The summed E-state index contributed by atoms with van der Waals surface area (Å²) in [6.07, 6.45) is 6.62. The van der Waals surface area contributed by atoms with E-state index >= 15 is 0 Å². The molecule has 0 atom stereocenters. The van der Waals surface area contributed by atoms with Crippen LogP contribution in [0.4, 0.5) is 0 Å². The van der Waals surface area contributed by atoms with E-state index in [9.17, 15) is 0 Å². The van der Waals surface area contributed by atoms with Gasteiger partial charge in [0.15, 0.2) is 0 Å². The summed E-state index contributed by atoms with van der Waals surface area (Å²) < 4.78 is 0. The third-order valence-electron chi connectivity index (χ3n) is 4.58. The van der Waals surface area contributed by atoms with Crippen LogP contribution in [0, 0.1) is 0 Å². The lowest BCUT2D eigenvalue weighted by Crippen LogP contribution is -2.38. The average molecular weight is 244 g/mol. The molecular weight excluding hydrogens is 220 g/mol. The zero-order valence-corrected chi connectivity index (χ0v) is 11.4. The Hall–Kier alpha value is -0.860. The van der Waals surface area contributed by atoms with Crippen molar-refractivity contribution in [2.45, 2.75) is 57.7 Å². The van der Waals surface area contributed by atoms with E-state index in [1.165, 1.54) is 48.8 Å². The molecule has 98 valence electrons. The SMILES string of the molecule is CC1(NCc2ccc3c(c2)CNCC3)CCCC1. The zero-order chi connectivity index (χ0) is 12.4. The smallest absolute Gasteiger partial charge is 0.0210 e. The van der Waals surface area contributed by atoms with Crippen LogP contribution in [0.3, 0.4) is 0 Å². The molecule has 1 saturated carbocycles. The number of hydrogen-bond acceptors (Lipinski definition) is 2. The molecule has 0 unspecified atom stereocenters. The maximum Gasteiger partial charge on any atom is 0.0210 e. The molecule has 0 aromatic heterocycles. The van der Waals surface area contributed by atoms with E-state index < -0.39 is 0 Å². The van der Waals surface area contributed by atoms with Crippen LogP contribution in [0.25, 0.3) is 0 Å². The highest BCUT2D eigenvalue weighted by Gasteiger charge is 2.27. The molecule has 18 heavy (non-hydrogen) atoms. The van der Waals surface area contributed by atoms with Gasteiger partial charge in [-0.1, -0.05) is 31.0 Å². The Morgan fingerprint density at radius 1 is 1.22 bits per heavy atom. The van der Waals surface area contributed by atoms with Gasteiger partial charge in [0.2, 0.25) is 0 Å². The third kappa shape index (κ3) is 2.60. The maximum absolute atomic E-state index is 3.76. The predicted octanol–water partition coefficient (Wildman–Crippen LogP) is 2.75. The Morgan fingerprint density at radius 2 is 2.06 bits per heavy atom. The van der Waals surface area contributed by atoms with Crippen LogP contribution in [0.5, 0.6) is 0 Å². The maximum atomic E-state index is 3.76. The molecule has 0 radical (unpaired) electrons. The van der Waals surface area contributed by atoms with Gasteiger partial charge in [0.25, 0.3) is 0 Å². The van der Waals surface area contributed by atoms with Gasteiger partial charge in [0.1, 0.15) is 0 Å². The number of benzene rings is 1. The highest BCUT2D eigenvalue weighted by atomic mass is 15.0. The van der Waals surface area contributed by atoms with Crippen molar-refractivity contribution in [1.82, 2.24) is 10.6 Å². The molecule has 2 aliphatic rings. The van der Waals surface area contributed by atoms with Crippen molar-refractivity contribution in [3.8, 4) is 0 Å². The van der Waals surface area contributed by atoms with Gasteiger partial charge in [0.05, 0.1) is 0 Å². The molecule has 0 bridgehead atoms. The van der Waals surface area contributed by atoms with Gasteiger partial charge < -0.3 is 10.6 Å². The quantitative estimate of drug-likeness (QED) is 0.854. The average Bonchev–Trinajstić information content (AvgIpc) is 2.84. The highest BCUT2D eigenvalue weighted by Crippen LogP contribution is 2.29. The normalized spacial score (nSPS) is 21.8. The lowest BCUT2D eigenvalue weighted by atomic mass is 9.97. The molecule has 2 nitrogen and oxygen atoms in total.